The fraction of sp³-hybridized carbons (Fsp3) is 0.500. The highest BCUT2D eigenvalue weighted by Crippen LogP contribution is 2.40. The number of halogens is 1. The first-order valence-corrected chi connectivity index (χ1v) is 7.71. The molecule has 3 N–H and O–H groups in total. The monoisotopic (exact) mass is 337 g/mol. The first-order valence-electron chi connectivity index (χ1n) is 6.92. The highest BCUT2D eigenvalue weighted by molar-refractivity contribution is 9.10. The minimum Gasteiger partial charge on any atom is -0.371 e. The molecule has 0 radical (unpaired) electrons. The first kappa shape index (κ1) is 12.6. The van der Waals surface area contributed by atoms with Crippen LogP contribution in [0, 0.1) is 0 Å². The predicted octanol–water partition coefficient (Wildman–Crippen LogP) is 1.77. The smallest absolute Gasteiger partial charge is 0.245 e. The molecule has 0 spiro atoms. The zero-order valence-electron chi connectivity index (χ0n) is 10.9. The Morgan fingerprint density at radius 3 is 2.70 bits per heavy atom. The lowest BCUT2D eigenvalue weighted by Gasteiger charge is -2.34. The maximum absolute atomic E-state index is 11.7. The summed E-state index contributed by atoms with van der Waals surface area (Å²) in [5.74, 6) is -0.133. The van der Waals surface area contributed by atoms with Crippen LogP contribution in [0.3, 0.4) is 0 Å². The second-order valence-corrected chi connectivity index (χ2v) is 6.57. The number of hydrogen-bond donors (Lipinski definition) is 2. The lowest BCUT2D eigenvalue weighted by atomic mass is 10.1. The van der Waals surface area contributed by atoms with Gasteiger partial charge in [-0.05, 0) is 40.9 Å². The number of amides is 1. The van der Waals surface area contributed by atoms with Gasteiger partial charge in [-0.3, -0.25) is 4.79 Å². The average Bonchev–Trinajstić information content (AvgIpc) is 2.90. The van der Waals surface area contributed by atoms with E-state index in [2.05, 4.69) is 26.1 Å². The average molecular weight is 338 g/mol. The molecule has 3 atom stereocenters. The summed E-state index contributed by atoms with van der Waals surface area (Å²) in [4.78, 5) is 14.0. The minimum atomic E-state index is -0.559. The molecule has 2 saturated heterocycles. The van der Waals surface area contributed by atoms with Gasteiger partial charge in [-0.15, -0.1) is 0 Å². The van der Waals surface area contributed by atoms with Crippen molar-refractivity contribution in [3.8, 4) is 0 Å². The lowest BCUT2D eigenvalue weighted by molar-refractivity contribution is -0.116. The molecule has 0 saturated carbocycles. The minimum absolute atomic E-state index is 0.133. The highest BCUT2D eigenvalue weighted by atomic mass is 79.9. The molecule has 1 aromatic carbocycles. The Morgan fingerprint density at radius 1 is 1.30 bits per heavy atom. The van der Waals surface area contributed by atoms with Crippen LogP contribution in [0.15, 0.2) is 16.6 Å². The molecule has 3 heterocycles. The number of rotatable bonds is 1. The summed E-state index contributed by atoms with van der Waals surface area (Å²) in [7, 11) is 0. The number of morpholine rings is 1. The second kappa shape index (κ2) is 4.44. The third kappa shape index (κ3) is 1.86. The van der Waals surface area contributed by atoms with E-state index in [1.54, 1.807) is 0 Å². The normalized spacial score (nSPS) is 31.4. The van der Waals surface area contributed by atoms with Crippen molar-refractivity contribution in [2.24, 2.45) is 5.73 Å². The van der Waals surface area contributed by atoms with Crippen molar-refractivity contribution in [3.05, 3.63) is 22.2 Å². The number of hydrogen-bond acceptors (Lipinski definition) is 4. The Labute approximate surface area is 125 Å². The van der Waals surface area contributed by atoms with E-state index >= 15 is 0 Å². The summed E-state index contributed by atoms with van der Waals surface area (Å²) >= 11 is 3.62. The van der Waals surface area contributed by atoms with E-state index in [0.717, 1.165) is 47.3 Å². The first-order chi connectivity index (χ1) is 9.61. The van der Waals surface area contributed by atoms with Gasteiger partial charge in [0.05, 0.1) is 17.9 Å². The van der Waals surface area contributed by atoms with Crippen LogP contribution in [0.25, 0.3) is 0 Å². The molecule has 2 bridgehead atoms. The maximum atomic E-state index is 11.7. The molecule has 0 aromatic heterocycles. The van der Waals surface area contributed by atoms with Gasteiger partial charge in [0.2, 0.25) is 5.91 Å². The summed E-state index contributed by atoms with van der Waals surface area (Å²) in [6.07, 6.45) is 2.97. The van der Waals surface area contributed by atoms with E-state index in [-0.39, 0.29) is 5.91 Å². The van der Waals surface area contributed by atoms with Gasteiger partial charge in [-0.2, -0.15) is 0 Å². The molecule has 1 aromatic rings. The molecule has 106 valence electrons. The quantitative estimate of drug-likeness (QED) is 0.819. The Balaban J connectivity index is 1.70. The summed E-state index contributed by atoms with van der Waals surface area (Å²) in [6, 6.07) is 3.43. The van der Waals surface area contributed by atoms with Gasteiger partial charge in [0, 0.05) is 28.8 Å². The van der Waals surface area contributed by atoms with E-state index < -0.39 is 6.04 Å². The number of nitrogens with two attached hydrogens (primary N) is 1. The van der Waals surface area contributed by atoms with Crippen LogP contribution in [0.5, 0.6) is 0 Å². The molecule has 1 amide bonds. The van der Waals surface area contributed by atoms with Gasteiger partial charge in [-0.1, -0.05) is 0 Å². The molecule has 3 aliphatic heterocycles. The third-order valence-electron chi connectivity index (χ3n) is 4.38. The van der Waals surface area contributed by atoms with Crippen LogP contribution < -0.4 is 16.0 Å². The van der Waals surface area contributed by atoms with Crippen molar-refractivity contribution in [2.45, 2.75) is 31.1 Å². The summed E-state index contributed by atoms with van der Waals surface area (Å²) in [5.41, 5.74) is 8.68. The highest BCUT2D eigenvalue weighted by Gasteiger charge is 2.35. The van der Waals surface area contributed by atoms with Crippen LogP contribution in [0.1, 0.15) is 24.4 Å². The largest absolute Gasteiger partial charge is 0.371 e. The third-order valence-corrected chi connectivity index (χ3v) is 5.01. The van der Waals surface area contributed by atoms with E-state index in [9.17, 15) is 4.79 Å². The number of ether oxygens (including phenoxy) is 1. The van der Waals surface area contributed by atoms with Gasteiger partial charge in [0.1, 0.15) is 6.04 Å². The maximum Gasteiger partial charge on any atom is 0.245 e. The van der Waals surface area contributed by atoms with Crippen molar-refractivity contribution in [1.82, 2.24) is 0 Å². The molecule has 2 fully saturated rings. The van der Waals surface area contributed by atoms with Gasteiger partial charge in [0.15, 0.2) is 0 Å². The Bertz CT molecular complexity index is 580. The van der Waals surface area contributed by atoms with Crippen LogP contribution in [-0.2, 0) is 9.53 Å². The summed E-state index contributed by atoms with van der Waals surface area (Å²) in [6.45, 7) is 1.82. The summed E-state index contributed by atoms with van der Waals surface area (Å²) < 4.78 is 6.86. The van der Waals surface area contributed by atoms with Crippen molar-refractivity contribution in [3.63, 3.8) is 0 Å². The Morgan fingerprint density at radius 2 is 2.00 bits per heavy atom. The van der Waals surface area contributed by atoms with Crippen LogP contribution in [0.2, 0.25) is 0 Å². The number of fused-ring (bicyclic) bond motifs is 3. The molecule has 3 unspecified atom stereocenters. The standard InChI is InChI=1S/C14H16BrN3O2/c15-10-3-9-11(17-14(19)13(9)16)4-12(10)18-5-7-1-2-8(6-18)20-7/h3-4,7-8,13H,1-2,5-6,16H2,(H,17,19). The van der Waals surface area contributed by atoms with Gasteiger partial charge in [-0.25, -0.2) is 0 Å². The molecular weight excluding hydrogens is 322 g/mol. The van der Waals surface area contributed by atoms with Crippen molar-refractivity contribution in [1.29, 1.82) is 0 Å². The van der Waals surface area contributed by atoms with Gasteiger partial charge >= 0.3 is 0 Å². The molecule has 4 rings (SSSR count). The number of nitrogens with zero attached hydrogens (tertiary/aromatic N) is 1. The van der Waals surface area contributed by atoms with Crippen LogP contribution in [0.4, 0.5) is 11.4 Å². The van der Waals surface area contributed by atoms with Crippen molar-refractivity contribution in [2.75, 3.05) is 23.3 Å². The zero-order chi connectivity index (χ0) is 13.9. The van der Waals surface area contributed by atoms with Gasteiger partial charge in [0.25, 0.3) is 0 Å². The van der Waals surface area contributed by atoms with Gasteiger partial charge < -0.3 is 20.7 Å². The van der Waals surface area contributed by atoms with E-state index in [1.165, 1.54) is 0 Å². The fourth-order valence-corrected chi connectivity index (χ4v) is 3.96. The molecule has 6 heteroatoms. The number of anilines is 2. The van der Waals surface area contributed by atoms with E-state index in [1.807, 2.05) is 12.1 Å². The topological polar surface area (TPSA) is 67.6 Å². The number of nitrogens with one attached hydrogen (secondary N) is 1. The van der Waals surface area contributed by atoms with Crippen LogP contribution in [-0.4, -0.2) is 31.2 Å². The summed E-state index contributed by atoms with van der Waals surface area (Å²) in [5, 5.41) is 2.85. The molecule has 20 heavy (non-hydrogen) atoms. The van der Waals surface area contributed by atoms with E-state index in [4.69, 9.17) is 10.5 Å². The Hall–Kier alpha value is -1.11. The number of carbonyl (C=O) groups is 1. The second-order valence-electron chi connectivity index (χ2n) is 5.72. The van der Waals surface area contributed by atoms with Crippen molar-refractivity contribution >= 4 is 33.2 Å². The molecule has 0 aliphatic carbocycles. The number of benzene rings is 1. The molecule has 5 nitrogen and oxygen atoms in total. The van der Waals surface area contributed by atoms with Crippen LogP contribution >= 0.6 is 15.9 Å². The number of carbonyl (C=O) groups excluding carboxylic acids is 1. The SMILES string of the molecule is NC1C(=O)Nc2cc(N3CC4CCC(C3)O4)c(Br)cc21. The lowest BCUT2D eigenvalue weighted by Crippen LogP contribution is -2.42. The molecule has 3 aliphatic rings. The predicted molar refractivity (Wildman–Crippen MR) is 79.8 cm³/mol. The fourth-order valence-electron chi connectivity index (χ4n) is 3.35. The zero-order valence-corrected chi connectivity index (χ0v) is 12.5. The van der Waals surface area contributed by atoms with E-state index in [0.29, 0.717) is 12.2 Å². The van der Waals surface area contributed by atoms with Crippen molar-refractivity contribution < 1.29 is 9.53 Å². The Kier molecular flexibility index (Phi) is 2.80. The molecular formula is C14H16BrN3O2.